The Labute approximate surface area is 285 Å². The molecule has 7 nitrogen and oxygen atoms in total. The maximum atomic E-state index is 13.0. The number of sulfonamides is 1. The van der Waals surface area contributed by atoms with Gasteiger partial charge in [0.1, 0.15) is 6.10 Å². The van der Waals surface area contributed by atoms with Crippen molar-refractivity contribution >= 4 is 22.0 Å². The molecule has 0 aliphatic heterocycles. The van der Waals surface area contributed by atoms with Crippen molar-refractivity contribution in [2.75, 3.05) is 12.8 Å². The highest BCUT2D eigenvalue weighted by atomic mass is 32.2. The summed E-state index contributed by atoms with van der Waals surface area (Å²) >= 11 is 0. The number of hydrogen-bond acceptors (Lipinski definition) is 5. The van der Waals surface area contributed by atoms with Crippen LogP contribution in [-0.2, 0) is 24.3 Å². The van der Waals surface area contributed by atoms with Crippen molar-refractivity contribution in [2.45, 2.75) is 145 Å². The smallest absolute Gasteiger partial charge is 0.309 e. The average molecular weight is 676 g/mol. The summed E-state index contributed by atoms with van der Waals surface area (Å²) in [6.45, 7) is 22.9. The molecule has 10 atom stereocenters. The number of esters is 1. The van der Waals surface area contributed by atoms with Crippen LogP contribution in [0, 0.1) is 62.1 Å². The molecular formula is C39H65NO6S. The summed E-state index contributed by atoms with van der Waals surface area (Å²) in [7, 11) is -3.18. The minimum absolute atomic E-state index is 0.112. The van der Waals surface area contributed by atoms with E-state index in [2.05, 4.69) is 52.8 Å². The summed E-state index contributed by atoms with van der Waals surface area (Å²) in [6.07, 6.45) is 14.5. The van der Waals surface area contributed by atoms with Crippen molar-refractivity contribution < 1.29 is 27.9 Å². The first-order valence-corrected chi connectivity index (χ1v) is 20.5. The van der Waals surface area contributed by atoms with E-state index in [0.29, 0.717) is 36.1 Å². The molecule has 0 bridgehead atoms. The SMILES string of the molecule is C=C(C)[C@@H]1CC[C@]2(CCCNS(C)(=O)=O)CC[C@]3(C)[C@H](CC[C@@H]4[C@@]5(C)CC[C@H](OC(=O)CC(C)(C)C(=O)O)C(C)(C)[C@@H]5CC[C@]43C)[C@@H]12. The van der Waals surface area contributed by atoms with Gasteiger partial charge in [-0.3, -0.25) is 9.59 Å². The fourth-order valence-corrected chi connectivity index (χ4v) is 13.7. The molecule has 0 spiro atoms. The third kappa shape index (κ3) is 6.05. The van der Waals surface area contributed by atoms with Crippen LogP contribution in [0.15, 0.2) is 12.2 Å². The highest BCUT2D eigenvalue weighted by Crippen LogP contribution is 2.78. The molecular weight excluding hydrogens is 610 g/mol. The van der Waals surface area contributed by atoms with E-state index in [1.165, 1.54) is 56.8 Å². The molecule has 0 heterocycles. The highest BCUT2D eigenvalue weighted by molar-refractivity contribution is 7.88. The molecule has 0 aromatic heterocycles. The van der Waals surface area contributed by atoms with Crippen LogP contribution < -0.4 is 4.72 Å². The molecule has 0 saturated heterocycles. The third-order valence-corrected chi connectivity index (χ3v) is 16.6. The lowest BCUT2D eigenvalue weighted by molar-refractivity contribution is -0.250. The van der Waals surface area contributed by atoms with Gasteiger partial charge in [0.15, 0.2) is 0 Å². The van der Waals surface area contributed by atoms with Crippen LogP contribution in [0.4, 0.5) is 0 Å². The summed E-state index contributed by atoms with van der Waals surface area (Å²) in [4.78, 5) is 24.7. The maximum absolute atomic E-state index is 13.0. The van der Waals surface area contributed by atoms with Crippen molar-refractivity contribution in [3.05, 3.63) is 12.2 Å². The third-order valence-electron chi connectivity index (χ3n) is 15.8. The number of allylic oxidation sites excluding steroid dienone is 1. The van der Waals surface area contributed by atoms with Crippen molar-refractivity contribution in [2.24, 2.45) is 62.1 Å². The van der Waals surface area contributed by atoms with E-state index in [4.69, 9.17) is 4.74 Å². The van der Waals surface area contributed by atoms with E-state index >= 15 is 0 Å². The summed E-state index contributed by atoms with van der Waals surface area (Å²) in [5.41, 5.74) is 0.889. The maximum Gasteiger partial charge on any atom is 0.309 e. The monoisotopic (exact) mass is 675 g/mol. The number of rotatable bonds is 10. The predicted molar refractivity (Wildman–Crippen MR) is 187 cm³/mol. The first kappa shape index (κ1) is 36.9. The Bertz CT molecular complexity index is 1370. The molecule has 47 heavy (non-hydrogen) atoms. The Kier molecular flexibility index (Phi) is 9.51. The van der Waals surface area contributed by atoms with Crippen LogP contribution >= 0.6 is 0 Å². The van der Waals surface area contributed by atoms with E-state index < -0.39 is 27.4 Å². The van der Waals surface area contributed by atoms with Gasteiger partial charge < -0.3 is 9.84 Å². The largest absolute Gasteiger partial charge is 0.481 e. The molecule has 0 unspecified atom stereocenters. The first-order valence-electron chi connectivity index (χ1n) is 18.6. The van der Waals surface area contributed by atoms with E-state index in [1.807, 2.05) is 0 Å². The number of carbonyl (C=O) groups is 2. The number of carboxylic acids is 1. The second-order valence-electron chi connectivity index (χ2n) is 19.0. The standard InChI is InChI=1S/C39H65NO6S/c1-25(2)26-14-20-39(17-11-23-40-47(10,44)45)22-21-37(8)27(32(26)39)12-13-29-36(7)18-16-30(46-31(41)24-34(3,4)33(42)43)35(5,6)28(36)15-19-38(29,37)9/h26-30,32,40H,1,11-24H2,2-10H3,(H,42,43)/t26-,27+,28-,29+,30-,32+,36-,37+,38+,39+/m0/s1. The number of aliphatic carboxylic acids is 1. The zero-order chi connectivity index (χ0) is 35.0. The van der Waals surface area contributed by atoms with Gasteiger partial charge in [-0.1, -0.05) is 46.8 Å². The molecule has 0 aromatic carbocycles. The molecule has 8 heteroatoms. The Hall–Kier alpha value is -1.41. The minimum Gasteiger partial charge on any atom is -0.481 e. The van der Waals surface area contributed by atoms with E-state index in [-0.39, 0.29) is 39.6 Å². The van der Waals surface area contributed by atoms with Gasteiger partial charge in [0.25, 0.3) is 0 Å². The minimum atomic E-state index is -3.18. The van der Waals surface area contributed by atoms with Gasteiger partial charge in [-0.2, -0.15) is 0 Å². The Morgan fingerprint density at radius 2 is 1.60 bits per heavy atom. The van der Waals surface area contributed by atoms with Gasteiger partial charge in [0.05, 0.1) is 18.1 Å². The normalized spacial score (nSPS) is 42.7. The van der Waals surface area contributed by atoms with Gasteiger partial charge in [0, 0.05) is 12.0 Å². The fraction of sp³-hybridized carbons (Fsp3) is 0.897. The van der Waals surface area contributed by atoms with Crippen molar-refractivity contribution in [3.8, 4) is 0 Å². The summed E-state index contributed by atoms with van der Waals surface area (Å²) in [6, 6.07) is 0. The molecule has 5 rings (SSSR count). The Morgan fingerprint density at radius 3 is 2.21 bits per heavy atom. The molecule has 0 aromatic rings. The van der Waals surface area contributed by atoms with Gasteiger partial charge in [-0.05, 0) is 149 Å². The molecule has 2 N–H and O–H groups in total. The topological polar surface area (TPSA) is 110 Å². The van der Waals surface area contributed by atoms with Crippen molar-refractivity contribution in [1.29, 1.82) is 0 Å². The van der Waals surface area contributed by atoms with Crippen LogP contribution in [0.2, 0.25) is 0 Å². The quantitative estimate of drug-likeness (QED) is 0.137. The van der Waals surface area contributed by atoms with Gasteiger partial charge in [0.2, 0.25) is 10.0 Å². The van der Waals surface area contributed by atoms with E-state index in [1.54, 1.807) is 13.8 Å². The second kappa shape index (κ2) is 12.1. The number of carboxylic acid groups (broad SMARTS) is 1. The average Bonchev–Trinajstić information content (AvgIpc) is 3.32. The molecule has 0 radical (unpaired) electrons. The summed E-state index contributed by atoms with van der Waals surface area (Å²) < 4.78 is 32.5. The lowest BCUT2D eigenvalue weighted by Crippen LogP contribution is -2.66. The number of hydrogen-bond donors (Lipinski definition) is 2. The summed E-state index contributed by atoms with van der Waals surface area (Å²) in [5, 5.41) is 9.57. The zero-order valence-corrected chi connectivity index (χ0v) is 31.8. The number of nitrogens with one attached hydrogen (secondary N) is 1. The van der Waals surface area contributed by atoms with Gasteiger partial charge in [-0.25, -0.2) is 13.1 Å². The van der Waals surface area contributed by atoms with Crippen LogP contribution in [0.3, 0.4) is 0 Å². The molecule has 5 saturated carbocycles. The lowest BCUT2D eigenvalue weighted by atomic mass is 9.32. The van der Waals surface area contributed by atoms with Crippen LogP contribution in [-0.4, -0.2) is 44.4 Å². The predicted octanol–water partition coefficient (Wildman–Crippen LogP) is 8.39. The van der Waals surface area contributed by atoms with Crippen LogP contribution in [0.25, 0.3) is 0 Å². The molecule has 5 aliphatic rings. The van der Waals surface area contributed by atoms with Gasteiger partial charge in [-0.15, -0.1) is 0 Å². The molecule has 0 amide bonds. The number of carbonyl (C=O) groups excluding carboxylic acids is 1. The highest BCUT2D eigenvalue weighted by Gasteiger charge is 2.71. The molecule has 5 aliphatic carbocycles. The van der Waals surface area contributed by atoms with E-state index in [9.17, 15) is 23.1 Å². The summed E-state index contributed by atoms with van der Waals surface area (Å²) in [5.74, 6) is 1.48. The molecule has 268 valence electrons. The van der Waals surface area contributed by atoms with Gasteiger partial charge >= 0.3 is 11.9 Å². The Morgan fingerprint density at radius 1 is 0.915 bits per heavy atom. The van der Waals surface area contributed by atoms with Crippen LogP contribution in [0.5, 0.6) is 0 Å². The van der Waals surface area contributed by atoms with Crippen molar-refractivity contribution in [3.63, 3.8) is 0 Å². The zero-order valence-electron chi connectivity index (χ0n) is 31.0. The lowest BCUT2D eigenvalue weighted by Gasteiger charge is -2.73. The first-order chi connectivity index (χ1) is 21.5. The number of ether oxygens (including phenoxy) is 1. The van der Waals surface area contributed by atoms with Crippen molar-refractivity contribution in [1.82, 2.24) is 4.72 Å². The fourth-order valence-electron chi connectivity index (χ4n) is 13.2. The number of fused-ring (bicyclic) bond motifs is 7. The van der Waals surface area contributed by atoms with Crippen LogP contribution in [0.1, 0.15) is 139 Å². The second-order valence-corrected chi connectivity index (χ2v) is 20.9. The molecule has 5 fully saturated rings. The van der Waals surface area contributed by atoms with E-state index in [0.717, 1.165) is 32.1 Å². The Balaban J connectivity index is 1.38.